The summed E-state index contributed by atoms with van der Waals surface area (Å²) in [6.07, 6.45) is -6.03. The highest BCUT2D eigenvalue weighted by Crippen LogP contribution is 2.48. The Hall–Kier alpha value is -2.38. The number of hydrogen-bond donors (Lipinski definition) is 0. The van der Waals surface area contributed by atoms with E-state index in [9.17, 15) is 30.7 Å². The van der Waals surface area contributed by atoms with Gasteiger partial charge in [-0.05, 0) is 34.7 Å². The molecule has 2 aromatic rings. The monoisotopic (exact) mass is 375 g/mol. The van der Waals surface area contributed by atoms with Gasteiger partial charge < -0.3 is 0 Å². The number of alkyl halides is 7. The lowest BCUT2D eigenvalue weighted by molar-refractivity contribution is -0.336. The van der Waals surface area contributed by atoms with Crippen LogP contribution in [0.4, 0.5) is 30.7 Å². The molecule has 0 amide bonds. The van der Waals surface area contributed by atoms with Crippen molar-refractivity contribution in [3.05, 3.63) is 59.2 Å². The van der Waals surface area contributed by atoms with Gasteiger partial charge in [-0.15, -0.1) is 0 Å². The third-order valence-corrected chi connectivity index (χ3v) is 4.34. The molecule has 8 heteroatoms. The Bertz CT molecular complexity index is 881. The largest absolute Gasteiger partial charge is 0.460 e. The Morgan fingerprint density at radius 1 is 0.846 bits per heavy atom. The van der Waals surface area contributed by atoms with Gasteiger partial charge >= 0.3 is 18.0 Å². The van der Waals surface area contributed by atoms with Gasteiger partial charge in [-0.3, -0.25) is 4.99 Å². The molecule has 0 heterocycles. The molecular weight excluding hydrogens is 363 g/mol. The van der Waals surface area contributed by atoms with E-state index in [-0.39, 0.29) is 0 Å². The second-order valence-corrected chi connectivity index (χ2v) is 5.92. The normalized spacial score (nSPS) is 15.0. The Morgan fingerprint density at radius 3 is 2.08 bits per heavy atom. The number of fused-ring (bicyclic) bond motifs is 3. The van der Waals surface area contributed by atoms with Crippen molar-refractivity contribution < 1.29 is 30.7 Å². The molecule has 0 N–H and O–H groups in total. The smallest absolute Gasteiger partial charge is 0.286 e. The van der Waals surface area contributed by atoms with Crippen molar-refractivity contribution in [2.45, 2.75) is 24.4 Å². The topological polar surface area (TPSA) is 12.4 Å². The van der Waals surface area contributed by atoms with E-state index >= 15 is 0 Å². The molecule has 3 rings (SSSR count). The van der Waals surface area contributed by atoms with Crippen molar-refractivity contribution in [3.8, 4) is 11.1 Å². The second kappa shape index (κ2) is 5.82. The molecule has 138 valence electrons. The summed E-state index contributed by atoms with van der Waals surface area (Å²) in [4.78, 5) is 3.07. The van der Waals surface area contributed by atoms with Crippen LogP contribution in [0, 0.1) is 0 Å². The molecule has 0 spiro atoms. The first-order chi connectivity index (χ1) is 12.0. The summed E-state index contributed by atoms with van der Waals surface area (Å²) in [6, 6.07) is 10.9. The fourth-order valence-electron chi connectivity index (χ4n) is 3.07. The summed E-state index contributed by atoms with van der Waals surface area (Å²) >= 11 is 0. The fourth-order valence-corrected chi connectivity index (χ4v) is 3.07. The van der Waals surface area contributed by atoms with Gasteiger partial charge in [0.2, 0.25) is 0 Å². The van der Waals surface area contributed by atoms with Gasteiger partial charge in [-0.1, -0.05) is 36.4 Å². The van der Waals surface area contributed by atoms with Crippen LogP contribution in [0.5, 0.6) is 0 Å². The molecule has 0 unspecified atom stereocenters. The van der Waals surface area contributed by atoms with E-state index in [1.165, 1.54) is 12.1 Å². The van der Waals surface area contributed by atoms with E-state index in [2.05, 4.69) is 4.99 Å². The summed E-state index contributed by atoms with van der Waals surface area (Å²) < 4.78 is 92.2. The van der Waals surface area contributed by atoms with Crippen molar-refractivity contribution in [1.29, 1.82) is 0 Å². The van der Waals surface area contributed by atoms with E-state index in [0.29, 0.717) is 12.0 Å². The van der Waals surface area contributed by atoms with E-state index in [1.807, 2.05) is 12.1 Å². The maximum atomic E-state index is 14.1. The van der Waals surface area contributed by atoms with Crippen LogP contribution in [0.25, 0.3) is 11.1 Å². The van der Waals surface area contributed by atoms with Gasteiger partial charge in [0, 0.05) is 12.6 Å². The molecule has 0 aromatic heterocycles. The third-order valence-electron chi connectivity index (χ3n) is 4.34. The number of benzene rings is 2. The second-order valence-electron chi connectivity index (χ2n) is 5.92. The molecule has 26 heavy (non-hydrogen) atoms. The Balaban J connectivity index is 2.05. The number of aliphatic imine (C=N–C) groups is 1. The molecule has 1 aliphatic rings. The molecule has 1 aliphatic carbocycles. The van der Waals surface area contributed by atoms with Gasteiger partial charge in [0.05, 0.1) is 0 Å². The minimum Gasteiger partial charge on any atom is -0.286 e. The standard InChI is InChI=1S/C18H12F7N/c1-26-15(16(19,20)17(21,22)18(23,24)25)11-6-7-14-12(9-11)8-10-4-2-3-5-13(10)14/h2-7,9H,8H2,1H3/b26-15-. The van der Waals surface area contributed by atoms with Gasteiger partial charge in [0.25, 0.3) is 0 Å². The maximum Gasteiger partial charge on any atom is 0.460 e. The highest BCUT2D eigenvalue weighted by Gasteiger charge is 2.74. The van der Waals surface area contributed by atoms with Gasteiger partial charge in [0.15, 0.2) is 0 Å². The molecule has 0 radical (unpaired) electrons. The summed E-state index contributed by atoms with van der Waals surface area (Å²) in [5.74, 6) is -11.7. The predicted molar refractivity (Wildman–Crippen MR) is 83.1 cm³/mol. The number of rotatable bonds is 3. The van der Waals surface area contributed by atoms with E-state index < -0.39 is 29.3 Å². The van der Waals surface area contributed by atoms with Crippen molar-refractivity contribution in [2.75, 3.05) is 7.05 Å². The van der Waals surface area contributed by atoms with Crippen LogP contribution in [0.15, 0.2) is 47.5 Å². The van der Waals surface area contributed by atoms with Crippen molar-refractivity contribution in [2.24, 2.45) is 4.99 Å². The molecule has 1 nitrogen and oxygen atoms in total. The number of halogens is 7. The van der Waals surface area contributed by atoms with E-state index in [1.54, 1.807) is 12.1 Å². The summed E-state index contributed by atoms with van der Waals surface area (Å²) in [5.41, 5.74) is 1.02. The van der Waals surface area contributed by atoms with Gasteiger partial charge in [0.1, 0.15) is 5.71 Å². The highest BCUT2D eigenvalue weighted by atomic mass is 19.4. The molecule has 0 fully saturated rings. The Kier molecular flexibility index (Phi) is 4.12. The SMILES string of the molecule is C/N=C(/c1ccc2c(c1)Cc1ccccc1-2)C(F)(F)C(F)(F)C(F)(F)F. The first-order valence-corrected chi connectivity index (χ1v) is 7.52. The van der Waals surface area contributed by atoms with Crippen molar-refractivity contribution in [1.82, 2.24) is 0 Å². The van der Waals surface area contributed by atoms with Crippen LogP contribution in [0.1, 0.15) is 16.7 Å². The van der Waals surface area contributed by atoms with Crippen LogP contribution in [-0.2, 0) is 6.42 Å². The minimum absolute atomic E-state index is 0.373. The zero-order valence-corrected chi connectivity index (χ0v) is 13.3. The average Bonchev–Trinajstić information content (AvgIpc) is 2.91. The fraction of sp³-hybridized carbons (Fsp3) is 0.278. The third kappa shape index (κ3) is 2.59. The quantitative estimate of drug-likeness (QED) is 0.423. The lowest BCUT2D eigenvalue weighted by Gasteiger charge is -2.29. The van der Waals surface area contributed by atoms with Crippen LogP contribution in [-0.4, -0.2) is 30.8 Å². The van der Waals surface area contributed by atoms with Crippen LogP contribution in [0.2, 0.25) is 0 Å². The molecule has 0 saturated heterocycles. The molecule has 0 aliphatic heterocycles. The van der Waals surface area contributed by atoms with Crippen LogP contribution >= 0.6 is 0 Å². The molecule has 0 bridgehead atoms. The minimum atomic E-state index is -6.40. The first kappa shape index (κ1) is 18.4. The zero-order valence-electron chi connectivity index (χ0n) is 13.3. The zero-order chi connectivity index (χ0) is 19.3. The lowest BCUT2D eigenvalue weighted by atomic mass is 9.95. The average molecular weight is 375 g/mol. The number of nitrogens with zero attached hydrogens (tertiary/aromatic N) is 1. The van der Waals surface area contributed by atoms with E-state index in [4.69, 9.17) is 0 Å². The highest BCUT2D eigenvalue weighted by molar-refractivity contribution is 6.07. The maximum absolute atomic E-state index is 14.1. The number of hydrogen-bond acceptors (Lipinski definition) is 1. The van der Waals surface area contributed by atoms with Crippen LogP contribution < -0.4 is 0 Å². The Labute approximate surface area is 144 Å². The molecule has 0 saturated carbocycles. The Morgan fingerprint density at radius 2 is 1.46 bits per heavy atom. The predicted octanol–water partition coefficient (Wildman–Crippen LogP) is 5.51. The van der Waals surface area contributed by atoms with E-state index in [0.717, 1.165) is 29.8 Å². The first-order valence-electron chi connectivity index (χ1n) is 7.52. The summed E-state index contributed by atoms with van der Waals surface area (Å²) in [5, 5.41) is 0. The summed E-state index contributed by atoms with van der Waals surface area (Å²) in [7, 11) is 0.762. The van der Waals surface area contributed by atoms with Crippen molar-refractivity contribution >= 4 is 5.71 Å². The van der Waals surface area contributed by atoms with Crippen molar-refractivity contribution in [3.63, 3.8) is 0 Å². The van der Waals surface area contributed by atoms with Gasteiger partial charge in [-0.2, -0.15) is 30.7 Å². The summed E-state index contributed by atoms with van der Waals surface area (Å²) in [6.45, 7) is 0. The lowest BCUT2D eigenvalue weighted by Crippen LogP contribution is -2.56. The molecule has 2 aromatic carbocycles. The molecular formula is C18H12F7N. The van der Waals surface area contributed by atoms with Gasteiger partial charge in [-0.25, -0.2) is 0 Å². The molecule has 0 atom stereocenters. The van der Waals surface area contributed by atoms with Crippen LogP contribution in [0.3, 0.4) is 0 Å².